The van der Waals surface area contributed by atoms with E-state index in [1.165, 1.54) is 18.2 Å². The number of aromatic amines is 1. The number of halogens is 3. The predicted molar refractivity (Wildman–Crippen MR) is 64.1 cm³/mol. The van der Waals surface area contributed by atoms with Crippen molar-refractivity contribution in [1.82, 2.24) is 10.2 Å². The van der Waals surface area contributed by atoms with Crippen molar-refractivity contribution in [2.24, 2.45) is 0 Å². The van der Waals surface area contributed by atoms with Gasteiger partial charge in [0.25, 0.3) is 5.91 Å². The van der Waals surface area contributed by atoms with Crippen LogP contribution in [-0.4, -0.2) is 22.5 Å². The number of ether oxygens (including phenoxy) is 1. The van der Waals surface area contributed by atoms with Crippen molar-refractivity contribution in [3.63, 3.8) is 0 Å². The van der Waals surface area contributed by atoms with E-state index in [1.54, 1.807) is 0 Å². The Kier molecular flexibility index (Phi) is 3.51. The maximum atomic E-state index is 12.2. The summed E-state index contributed by atoms with van der Waals surface area (Å²) >= 11 is 0. The number of nitrogens with two attached hydrogens (primary N) is 1. The Morgan fingerprint density at radius 1 is 1.35 bits per heavy atom. The molecule has 1 amide bonds. The molecule has 6 nitrogen and oxygen atoms in total. The third kappa shape index (κ3) is 3.19. The van der Waals surface area contributed by atoms with E-state index in [9.17, 15) is 18.0 Å². The summed E-state index contributed by atoms with van der Waals surface area (Å²) in [6.07, 6.45) is -3.69. The molecule has 2 aromatic rings. The smallest absolute Gasteiger partial charge is 0.404 e. The molecule has 0 aliphatic carbocycles. The first kappa shape index (κ1) is 13.7. The van der Waals surface area contributed by atoms with Gasteiger partial charge in [-0.2, -0.15) is 5.10 Å². The van der Waals surface area contributed by atoms with Crippen LogP contribution in [0.5, 0.6) is 5.75 Å². The zero-order chi connectivity index (χ0) is 14.8. The van der Waals surface area contributed by atoms with E-state index < -0.39 is 18.0 Å². The topological polar surface area (TPSA) is 93.0 Å². The van der Waals surface area contributed by atoms with Crippen LogP contribution in [0.25, 0.3) is 0 Å². The highest BCUT2D eigenvalue weighted by atomic mass is 19.4. The van der Waals surface area contributed by atoms with E-state index in [1.807, 2.05) is 0 Å². The van der Waals surface area contributed by atoms with E-state index in [2.05, 4.69) is 20.3 Å². The van der Waals surface area contributed by atoms with Crippen LogP contribution in [0.3, 0.4) is 0 Å². The molecule has 106 valence electrons. The highest BCUT2D eigenvalue weighted by molar-refractivity contribution is 6.07. The van der Waals surface area contributed by atoms with Crippen LogP contribution in [0.1, 0.15) is 10.4 Å². The minimum Gasteiger partial charge on any atom is -0.404 e. The molecule has 1 heterocycles. The fourth-order valence-electron chi connectivity index (χ4n) is 1.45. The number of H-pyrrole nitrogens is 1. The van der Waals surface area contributed by atoms with Crippen molar-refractivity contribution in [2.45, 2.75) is 6.36 Å². The van der Waals surface area contributed by atoms with Crippen LogP contribution in [0.4, 0.5) is 24.7 Å². The van der Waals surface area contributed by atoms with Crippen molar-refractivity contribution in [3.05, 3.63) is 36.0 Å². The summed E-state index contributed by atoms with van der Waals surface area (Å²) in [6, 6.07) is 5.16. The largest absolute Gasteiger partial charge is 0.573 e. The van der Waals surface area contributed by atoms with Crippen LogP contribution in [-0.2, 0) is 0 Å². The summed E-state index contributed by atoms with van der Waals surface area (Å²) in [5, 5.41) is 8.16. The number of benzene rings is 1. The first-order chi connectivity index (χ1) is 9.37. The minimum atomic E-state index is -4.85. The van der Waals surface area contributed by atoms with Crippen LogP contribution < -0.4 is 15.8 Å². The zero-order valence-corrected chi connectivity index (χ0v) is 9.86. The molecule has 0 saturated carbocycles. The molecule has 0 bridgehead atoms. The van der Waals surface area contributed by atoms with Gasteiger partial charge >= 0.3 is 6.36 Å². The number of amides is 1. The Bertz CT molecular complexity index is 624. The highest BCUT2D eigenvalue weighted by Gasteiger charge is 2.32. The van der Waals surface area contributed by atoms with E-state index >= 15 is 0 Å². The van der Waals surface area contributed by atoms with Gasteiger partial charge in [-0.1, -0.05) is 12.1 Å². The number of carbonyl (C=O) groups excluding carboxylic acids is 1. The summed E-state index contributed by atoms with van der Waals surface area (Å²) in [4.78, 5) is 11.8. The summed E-state index contributed by atoms with van der Waals surface area (Å²) < 4.78 is 40.5. The van der Waals surface area contributed by atoms with Gasteiger partial charge in [0.15, 0.2) is 5.75 Å². The van der Waals surface area contributed by atoms with Gasteiger partial charge in [-0.05, 0) is 12.1 Å². The number of hydrogen-bond donors (Lipinski definition) is 3. The Morgan fingerprint density at radius 2 is 2.05 bits per heavy atom. The van der Waals surface area contributed by atoms with Crippen molar-refractivity contribution >= 4 is 17.4 Å². The lowest BCUT2D eigenvalue weighted by Crippen LogP contribution is -2.19. The Morgan fingerprint density at radius 3 is 2.65 bits per heavy atom. The number of aromatic nitrogens is 2. The first-order valence-corrected chi connectivity index (χ1v) is 5.32. The Labute approximate surface area is 110 Å². The monoisotopic (exact) mass is 286 g/mol. The number of alkyl halides is 3. The fraction of sp³-hybridized carbons (Fsp3) is 0.0909. The molecule has 0 spiro atoms. The number of nitrogens with one attached hydrogen (secondary N) is 2. The number of nitrogen functional groups attached to an aromatic ring is 1. The van der Waals surface area contributed by atoms with Crippen LogP contribution >= 0.6 is 0 Å². The van der Waals surface area contributed by atoms with Gasteiger partial charge < -0.3 is 15.8 Å². The van der Waals surface area contributed by atoms with Gasteiger partial charge in [-0.3, -0.25) is 9.89 Å². The molecule has 1 aromatic heterocycles. The van der Waals surface area contributed by atoms with Crippen molar-refractivity contribution in [1.29, 1.82) is 0 Å². The minimum absolute atomic E-state index is 0.0109. The van der Waals surface area contributed by atoms with Gasteiger partial charge in [0.1, 0.15) is 11.4 Å². The number of nitrogens with zero attached hydrogens (tertiary/aromatic N) is 1. The highest BCUT2D eigenvalue weighted by Crippen LogP contribution is 2.30. The maximum Gasteiger partial charge on any atom is 0.573 e. The Hall–Kier alpha value is -2.71. The second kappa shape index (κ2) is 5.11. The van der Waals surface area contributed by atoms with Crippen molar-refractivity contribution in [3.8, 4) is 5.75 Å². The van der Waals surface area contributed by atoms with Gasteiger partial charge in [0.2, 0.25) is 0 Å². The average molecular weight is 286 g/mol. The third-order valence-corrected chi connectivity index (χ3v) is 2.27. The van der Waals surface area contributed by atoms with Crippen LogP contribution in [0, 0.1) is 0 Å². The molecule has 0 aliphatic heterocycles. The summed E-state index contributed by atoms with van der Waals surface area (Å²) in [5.41, 5.74) is 5.34. The van der Waals surface area contributed by atoms with E-state index in [4.69, 9.17) is 5.73 Å². The molecule has 0 fully saturated rings. The fourth-order valence-corrected chi connectivity index (χ4v) is 1.45. The molecule has 2 rings (SSSR count). The second-order valence-electron chi connectivity index (χ2n) is 3.70. The molecule has 20 heavy (non-hydrogen) atoms. The normalized spacial score (nSPS) is 11.2. The zero-order valence-electron chi connectivity index (χ0n) is 9.86. The molecular weight excluding hydrogens is 277 g/mol. The summed E-state index contributed by atoms with van der Waals surface area (Å²) in [6.45, 7) is 0. The number of hydrogen-bond acceptors (Lipinski definition) is 4. The van der Waals surface area contributed by atoms with Gasteiger partial charge in [-0.25, -0.2) is 0 Å². The molecule has 0 aliphatic rings. The predicted octanol–water partition coefficient (Wildman–Crippen LogP) is 2.14. The molecular formula is C11H9F3N4O2. The van der Waals surface area contributed by atoms with Gasteiger partial charge in [-0.15, -0.1) is 13.2 Å². The molecule has 0 unspecified atom stereocenters. The summed E-state index contributed by atoms with van der Waals surface area (Å²) in [7, 11) is 0. The average Bonchev–Trinajstić information content (AvgIpc) is 2.76. The number of carbonyl (C=O) groups is 1. The molecule has 0 atom stereocenters. The standard InChI is InChI=1S/C11H9F3N4O2/c12-11(13,14)20-8-4-2-1-3-7(8)17-10(19)6-5-16-18-9(6)15/h1-5H,(H,17,19)(H3,15,16,18). The SMILES string of the molecule is Nc1[nH]ncc1C(=O)Nc1ccccc1OC(F)(F)F. The summed E-state index contributed by atoms with van der Waals surface area (Å²) in [5.74, 6) is -1.21. The maximum absolute atomic E-state index is 12.2. The third-order valence-electron chi connectivity index (χ3n) is 2.27. The lowest BCUT2D eigenvalue weighted by atomic mass is 10.2. The number of para-hydroxylation sites is 2. The van der Waals surface area contributed by atoms with Gasteiger partial charge in [0, 0.05) is 0 Å². The van der Waals surface area contributed by atoms with E-state index in [-0.39, 0.29) is 17.1 Å². The van der Waals surface area contributed by atoms with E-state index in [0.29, 0.717) is 0 Å². The molecule has 0 radical (unpaired) electrons. The molecule has 4 N–H and O–H groups in total. The van der Waals surface area contributed by atoms with E-state index in [0.717, 1.165) is 12.3 Å². The Balaban J connectivity index is 2.22. The molecule has 0 saturated heterocycles. The number of rotatable bonds is 3. The van der Waals surface area contributed by atoms with Crippen molar-refractivity contribution < 1.29 is 22.7 Å². The van der Waals surface area contributed by atoms with Crippen LogP contribution in [0.2, 0.25) is 0 Å². The van der Waals surface area contributed by atoms with Gasteiger partial charge in [0.05, 0.1) is 11.9 Å². The van der Waals surface area contributed by atoms with Crippen molar-refractivity contribution in [2.75, 3.05) is 11.1 Å². The lowest BCUT2D eigenvalue weighted by Gasteiger charge is -2.13. The first-order valence-electron chi connectivity index (χ1n) is 5.32. The number of anilines is 2. The quantitative estimate of drug-likeness (QED) is 0.806. The molecule has 9 heteroatoms. The lowest BCUT2D eigenvalue weighted by molar-refractivity contribution is -0.274. The second-order valence-corrected chi connectivity index (χ2v) is 3.70. The van der Waals surface area contributed by atoms with Crippen LogP contribution in [0.15, 0.2) is 30.5 Å². The molecule has 1 aromatic carbocycles.